The molecule has 24 heavy (non-hydrogen) atoms. The number of halogens is 1. The van der Waals surface area contributed by atoms with Gasteiger partial charge in [-0.15, -0.1) is 11.3 Å². The molecular formula is C16H11ClN2O4S. The molecule has 3 rings (SSSR count). The number of ketones is 1. The Morgan fingerprint density at radius 2 is 1.92 bits per heavy atom. The van der Waals surface area contributed by atoms with Crippen LogP contribution in [0.3, 0.4) is 0 Å². The molecule has 8 heteroatoms. The van der Waals surface area contributed by atoms with Gasteiger partial charge in [-0.3, -0.25) is 9.59 Å². The number of carbonyl (C=O) groups is 2. The van der Waals surface area contributed by atoms with Crippen LogP contribution in [0, 0.1) is 0 Å². The first-order valence-electron chi connectivity index (χ1n) is 6.89. The second-order valence-electron chi connectivity index (χ2n) is 4.93. The third-order valence-corrected chi connectivity index (χ3v) is 4.60. The molecule has 0 radical (unpaired) electrons. The minimum Gasteiger partial charge on any atom is -0.452 e. The van der Waals surface area contributed by atoms with Gasteiger partial charge in [0.15, 0.2) is 12.3 Å². The number of hydrogen-bond acceptors (Lipinski definition) is 6. The molecule has 2 heterocycles. The Balaban J connectivity index is 1.85. The molecule has 0 unspecified atom stereocenters. The van der Waals surface area contributed by atoms with Crippen LogP contribution in [0.4, 0.5) is 0 Å². The maximum Gasteiger partial charge on any atom is 0.359 e. The van der Waals surface area contributed by atoms with Gasteiger partial charge >= 0.3 is 5.97 Å². The zero-order valence-corrected chi connectivity index (χ0v) is 14.1. The molecule has 0 aliphatic carbocycles. The molecule has 0 atom stereocenters. The second kappa shape index (κ2) is 6.54. The number of aromatic nitrogens is 2. The molecule has 1 aromatic carbocycles. The predicted octanol–water partition coefficient (Wildman–Crippen LogP) is 2.69. The molecule has 0 aliphatic heterocycles. The largest absolute Gasteiger partial charge is 0.452 e. The molecule has 0 bridgehead atoms. The van der Waals surface area contributed by atoms with E-state index in [0.29, 0.717) is 20.0 Å². The lowest BCUT2D eigenvalue weighted by molar-refractivity contribution is 0.0470. The lowest BCUT2D eigenvalue weighted by Crippen LogP contribution is -2.24. The molecule has 0 fully saturated rings. The van der Waals surface area contributed by atoms with Crippen molar-refractivity contribution in [3.05, 3.63) is 61.7 Å². The Bertz CT molecular complexity index is 1010. The van der Waals surface area contributed by atoms with Crippen molar-refractivity contribution in [1.82, 2.24) is 9.78 Å². The number of aryl methyl sites for hydroxylation is 1. The Morgan fingerprint density at radius 1 is 1.21 bits per heavy atom. The number of nitrogens with zero attached hydrogens (tertiary/aromatic N) is 2. The number of esters is 1. The molecule has 6 nitrogen and oxygen atoms in total. The summed E-state index contributed by atoms with van der Waals surface area (Å²) in [5, 5.41) is 4.70. The molecule has 3 aromatic rings. The fraction of sp³-hybridized carbons (Fsp3) is 0.125. The van der Waals surface area contributed by atoms with Crippen LogP contribution in [-0.4, -0.2) is 28.1 Å². The smallest absolute Gasteiger partial charge is 0.359 e. The summed E-state index contributed by atoms with van der Waals surface area (Å²) in [6.45, 7) is -0.422. The van der Waals surface area contributed by atoms with Crippen molar-refractivity contribution >= 4 is 45.5 Å². The topological polar surface area (TPSA) is 78.3 Å². The van der Waals surface area contributed by atoms with Gasteiger partial charge in [-0.1, -0.05) is 29.8 Å². The van der Waals surface area contributed by atoms with Crippen molar-refractivity contribution in [2.24, 2.45) is 7.05 Å². The first kappa shape index (κ1) is 16.4. The van der Waals surface area contributed by atoms with Gasteiger partial charge in [0.1, 0.15) is 0 Å². The summed E-state index contributed by atoms with van der Waals surface area (Å²) >= 11 is 6.89. The SMILES string of the molecule is Cn1nc(C(=O)OCC(=O)c2ccc(Cl)s2)c2ccccc2c1=O. The van der Waals surface area contributed by atoms with E-state index in [0.717, 1.165) is 16.0 Å². The molecule has 2 aromatic heterocycles. The van der Waals surface area contributed by atoms with Crippen LogP contribution in [0.5, 0.6) is 0 Å². The van der Waals surface area contributed by atoms with E-state index in [1.165, 1.54) is 7.05 Å². The average Bonchev–Trinajstić information content (AvgIpc) is 3.02. The van der Waals surface area contributed by atoms with Crippen molar-refractivity contribution < 1.29 is 14.3 Å². The lowest BCUT2D eigenvalue weighted by atomic mass is 10.1. The van der Waals surface area contributed by atoms with E-state index in [1.807, 2.05) is 0 Å². The van der Waals surface area contributed by atoms with E-state index in [-0.39, 0.29) is 17.0 Å². The number of carbonyl (C=O) groups excluding carboxylic acids is 2. The Morgan fingerprint density at radius 3 is 2.58 bits per heavy atom. The molecule has 122 valence electrons. The molecule has 0 N–H and O–H groups in total. The van der Waals surface area contributed by atoms with Crippen LogP contribution in [0.1, 0.15) is 20.2 Å². The van der Waals surface area contributed by atoms with E-state index in [1.54, 1.807) is 36.4 Å². The molecule has 0 saturated carbocycles. The van der Waals surface area contributed by atoms with Crippen LogP contribution in [0.2, 0.25) is 4.34 Å². The van der Waals surface area contributed by atoms with Crippen LogP contribution in [-0.2, 0) is 11.8 Å². The molecule has 0 amide bonds. The summed E-state index contributed by atoms with van der Waals surface area (Å²) in [4.78, 5) is 36.7. The van der Waals surface area contributed by atoms with E-state index in [4.69, 9.17) is 16.3 Å². The maximum atomic E-state index is 12.3. The van der Waals surface area contributed by atoms with E-state index < -0.39 is 12.6 Å². The Hall–Kier alpha value is -2.51. The summed E-state index contributed by atoms with van der Waals surface area (Å²) in [6.07, 6.45) is 0. The van der Waals surface area contributed by atoms with Gasteiger partial charge < -0.3 is 4.74 Å². The first-order chi connectivity index (χ1) is 11.5. The van der Waals surface area contributed by atoms with Gasteiger partial charge in [0.25, 0.3) is 5.56 Å². The number of benzene rings is 1. The highest BCUT2D eigenvalue weighted by atomic mass is 35.5. The van der Waals surface area contributed by atoms with Crippen LogP contribution < -0.4 is 5.56 Å². The number of thiophene rings is 1. The van der Waals surface area contributed by atoms with E-state index in [2.05, 4.69) is 5.10 Å². The van der Waals surface area contributed by atoms with Crippen molar-refractivity contribution in [1.29, 1.82) is 0 Å². The van der Waals surface area contributed by atoms with Crippen LogP contribution in [0.25, 0.3) is 10.8 Å². The van der Waals surface area contributed by atoms with Crippen molar-refractivity contribution in [3.63, 3.8) is 0 Å². The van der Waals surface area contributed by atoms with Gasteiger partial charge in [-0.2, -0.15) is 5.10 Å². The first-order valence-corrected chi connectivity index (χ1v) is 8.08. The average molecular weight is 363 g/mol. The fourth-order valence-electron chi connectivity index (χ4n) is 2.19. The zero-order chi connectivity index (χ0) is 17.3. The summed E-state index contributed by atoms with van der Waals surface area (Å²) in [7, 11) is 1.45. The summed E-state index contributed by atoms with van der Waals surface area (Å²) in [5.74, 6) is -1.12. The number of ether oxygens (including phenoxy) is 1. The Kier molecular flexibility index (Phi) is 4.46. The number of rotatable bonds is 4. The minimum absolute atomic E-state index is 0.00953. The Labute approximate surface area is 145 Å². The fourth-order valence-corrected chi connectivity index (χ4v) is 3.15. The van der Waals surface area contributed by atoms with Gasteiger partial charge in [-0.05, 0) is 18.2 Å². The molecule has 0 saturated heterocycles. The van der Waals surface area contributed by atoms with Crippen LogP contribution >= 0.6 is 22.9 Å². The zero-order valence-electron chi connectivity index (χ0n) is 12.5. The minimum atomic E-state index is -0.766. The van der Waals surface area contributed by atoms with Gasteiger partial charge in [0, 0.05) is 12.4 Å². The monoisotopic (exact) mass is 362 g/mol. The predicted molar refractivity (Wildman–Crippen MR) is 90.9 cm³/mol. The number of hydrogen-bond donors (Lipinski definition) is 0. The standard InChI is InChI=1S/C16H11ClN2O4S/c1-19-15(21)10-5-3-2-4-9(10)14(18-19)16(22)23-8-11(20)12-6-7-13(17)24-12/h2-7H,8H2,1H3. The van der Waals surface area contributed by atoms with Crippen molar-refractivity contribution in [3.8, 4) is 0 Å². The van der Waals surface area contributed by atoms with E-state index in [9.17, 15) is 14.4 Å². The second-order valence-corrected chi connectivity index (χ2v) is 6.64. The van der Waals surface area contributed by atoms with Crippen molar-refractivity contribution in [2.45, 2.75) is 0 Å². The summed E-state index contributed by atoms with van der Waals surface area (Å²) < 4.78 is 6.60. The van der Waals surface area contributed by atoms with Crippen molar-refractivity contribution in [2.75, 3.05) is 6.61 Å². The van der Waals surface area contributed by atoms with Gasteiger partial charge in [-0.25, -0.2) is 9.48 Å². The quantitative estimate of drug-likeness (QED) is 0.526. The number of fused-ring (bicyclic) bond motifs is 1. The molecule has 0 aliphatic rings. The van der Waals surface area contributed by atoms with E-state index >= 15 is 0 Å². The maximum absolute atomic E-state index is 12.3. The highest BCUT2D eigenvalue weighted by Gasteiger charge is 2.19. The highest BCUT2D eigenvalue weighted by Crippen LogP contribution is 2.22. The van der Waals surface area contributed by atoms with Gasteiger partial charge in [0.05, 0.1) is 14.6 Å². The molecular weight excluding hydrogens is 352 g/mol. The number of Topliss-reactive ketones (excluding diaryl/α,β-unsaturated/α-hetero) is 1. The van der Waals surface area contributed by atoms with Crippen LogP contribution in [0.15, 0.2) is 41.2 Å². The molecule has 0 spiro atoms. The third-order valence-electron chi connectivity index (χ3n) is 3.33. The normalized spacial score (nSPS) is 10.8. The lowest BCUT2D eigenvalue weighted by Gasteiger charge is -2.07. The highest BCUT2D eigenvalue weighted by molar-refractivity contribution is 7.18. The summed E-state index contributed by atoms with van der Waals surface area (Å²) in [6, 6.07) is 9.78. The third kappa shape index (κ3) is 3.08. The van der Waals surface area contributed by atoms with Gasteiger partial charge in [0.2, 0.25) is 5.78 Å². The summed E-state index contributed by atoms with van der Waals surface area (Å²) in [5.41, 5.74) is -0.323.